The van der Waals surface area contributed by atoms with Crippen molar-refractivity contribution in [2.45, 2.75) is 62.5 Å². The molecule has 0 amide bonds. The SMILES string of the molecule is CCc1ccc(C23CC4CC(CC(COC(=O)C(F)(F)SOO)(C4)C2)C3)cc1. The number of hydrogen-bond acceptors (Lipinski definition) is 5. The van der Waals surface area contributed by atoms with Gasteiger partial charge >= 0.3 is 11.2 Å². The Labute approximate surface area is 168 Å². The molecule has 4 aliphatic carbocycles. The van der Waals surface area contributed by atoms with Gasteiger partial charge in [-0.1, -0.05) is 31.2 Å². The Morgan fingerprint density at radius 2 is 1.86 bits per heavy atom. The van der Waals surface area contributed by atoms with E-state index in [-0.39, 0.29) is 17.4 Å². The van der Waals surface area contributed by atoms with Gasteiger partial charge in [-0.2, -0.15) is 13.1 Å². The lowest BCUT2D eigenvalue weighted by atomic mass is 9.43. The van der Waals surface area contributed by atoms with E-state index in [9.17, 15) is 13.6 Å². The number of ether oxygens (including phenoxy) is 1. The van der Waals surface area contributed by atoms with Crippen molar-refractivity contribution in [1.82, 2.24) is 0 Å². The first-order valence-electron chi connectivity index (χ1n) is 9.93. The van der Waals surface area contributed by atoms with Gasteiger partial charge < -0.3 is 4.74 Å². The molecule has 154 valence electrons. The topological polar surface area (TPSA) is 55.8 Å². The molecule has 1 N–H and O–H groups in total. The quantitative estimate of drug-likeness (QED) is 0.283. The highest BCUT2D eigenvalue weighted by atomic mass is 32.2. The molecule has 2 unspecified atom stereocenters. The number of alkyl halides is 2. The van der Waals surface area contributed by atoms with E-state index < -0.39 is 23.3 Å². The van der Waals surface area contributed by atoms with E-state index in [4.69, 9.17) is 9.99 Å². The molecule has 0 aliphatic heterocycles. The molecule has 4 nitrogen and oxygen atoms in total. The molecule has 0 heterocycles. The Balaban J connectivity index is 1.53. The zero-order chi connectivity index (χ0) is 20.0. The van der Waals surface area contributed by atoms with Crippen molar-refractivity contribution >= 4 is 18.0 Å². The molecule has 7 heteroatoms. The first-order chi connectivity index (χ1) is 13.3. The second-order valence-corrected chi connectivity index (χ2v) is 9.87. The van der Waals surface area contributed by atoms with Crippen molar-refractivity contribution in [3.05, 3.63) is 35.4 Å². The van der Waals surface area contributed by atoms with Gasteiger partial charge in [0.2, 0.25) is 0 Å². The Bertz CT molecular complexity index is 722. The highest BCUT2D eigenvalue weighted by Crippen LogP contribution is 2.65. The summed E-state index contributed by atoms with van der Waals surface area (Å²) in [7, 11) is 0. The number of benzene rings is 1. The number of hydrogen-bond donors (Lipinski definition) is 1. The van der Waals surface area contributed by atoms with Gasteiger partial charge in [0.1, 0.15) is 12.0 Å². The zero-order valence-electron chi connectivity index (χ0n) is 16.0. The number of rotatable bonds is 7. The molecule has 4 aliphatic rings. The predicted molar refractivity (Wildman–Crippen MR) is 102 cm³/mol. The summed E-state index contributed by atoms with van der Waals surface area (Å²) >= 11 is -0.594. The largest absolute Gasteiger partial charge is 0.460 e. The fraction of sp³-hybridized carbons (Fsp3) is 0.667. The first-order valence-corrected chi connectivity index (χ1v) is 10.7. The number of aryl methyl sites for hydroxylation is 1. The van der Waals surface area contributed by atoms with E-state index in [2.05, 4.69) is 35.5 Å². The summed E-state index contributed by atoms with van der Waals surface area (Å²) in [6.45, 7) is 2.15. The maximum absolute atomic E-state index is 13.6. The molecule has 2 atom stereocenters. The predicted octanol–water partition coefficient (Wildman–Crippen LogP) is 5.36. The number of carbonyl (C=O) groups excluding carboxylic acids is 1. The summed E-state index contributed by atoms with van der Waals surface area (Å²) in [4.78, 5) is 11.8. The third-order valence-corrected chi connectivity index (χ3v) is 7.50. The molecule has 4 fully saturated rings. The monoisotopic (exact) mass is 412 g/mol. The Hall–Kier alpha value is -1.18. The molecule has 0 saturated heterocycles. The van der Waals surface area contributed by atoms with Crippen LogP contribution in [0.15, 0.2) is 24.3 Å². The number of esters is 1. The van der Waals surface area contributed by atoms with Crippen LogP contribution < -0.4 is 0 Å². The summed E-state index contributed by atoms with van der Waals surface area (Å²) in [5, 5.41) is 4.31. The Morgan fingerprint density at radius 3 is 2.43 bits per heavy atom. The van der Waals surface area contributed by atoms with Crippen LogP contribution in [0.1, 0.15) is 56.6 Å². The summed E-state index contributed by atoms with van der Waals surface area (Å²) in [6, 6.07) is 8.84. The fourth-order valence-electron chi connectivity index (χ4n) is 6.44. The van der Waals surface area contributed by atoms with Crippen molar-refractivity contribution in [3.8, 4) is 0 Å². The number of carbonyl (C=O) groups is 1. The van der Waals surface area contributed by atoms with Crippen LogP contribution in [0.25, 0.3) is 0 Å². The van der Waals surface area contributed by atoms with Crippen molar-refractivity contribution in [1.29, 1.82) is 0 Å². The van der Waals surface area contributed by atoms with Gasteiger partial charge in [0.05, 0.1) is 6.61 Å². The second-order valence-electron chi connectivity index (χ2n) is 9.04. The molecule has 1 aromatic carbocycles. The molecular weight excluding hydrogens is 386 g/mol. The van der Waals surface area contributed by atoms with Gasteiger partial charge in [-0.3, -0.25) is 0 Å². The summed E-state index contributed by atoms with van der Waals surface area (Å²) in [5.74, 6) is -0.536. The van der Waals surface area contributed by atoms with Crippen LogP contribution in [0.4, 0.5) is 8.78 Å². The molecule has 0 aromatic heterocycles. The van der Waals surface area contributed by atoms with Gasteiger partial charge in [-0.25, -0.2) is 10.1 Å². The summed E-state index contributed by atoms with van der Waals surface area (Å²) < 4.78 is 35.6. The molecule has 4 saturated carbocycles. The molecular formula is C21H26F2O4S. The van der Waals surface area contributed by atoms with E-state index in [1.807, 2.05) is 0 Å². The van der Waals surface area contributed by atoms with E-state index in [0.717, 1.165) is 38.5 Å². The molecule has 4 bridgehead atoms. The lowest BCUT2D eigenvalue weighted by Crippen LogP contribution is -2.55. The van der Waals surface area contributed by atoms with Crippen molar-refractivity contribution in [2.24, 2.45) is 17.3 Å². The maximum atomic E-state index is 13.6. The van der Waals surface area contributed by atoms with Crippen LogP contribution in [0.2, 0.25) is 0 Å². The molecule has 0 radical (unpaired) electrons. The van der Waals surface area contributed by atoms with Crippen LogP contribution in [-0.2, 0) is 25.7 Å². The van der Waals surface area contributed by atoms with Crippen LogP contribution in [0.5, 0.6) is 0 Å². The van der Waals surface area contributed by atoms with Crippen molar-refractivity contribution in [3.63, 3.8) is 0 Å². The zero-order valence-corrected chi connectivity index (χ0v) is 16.8. The summed E-state index contributed by atoms with van der Waals surface area (Å²) in [6.07, 6.45) is 7.20. The standard InChI is InChI=1S/C21H26F2O4S/c1-2-14-3-5-17(6-4-14)20-10-15-7-16(11-20)9-19(8-15,12-20)13-26-18(24)21(22,23)28-27-25/h3-6,15-16,25H,2,7-13H2,1H3. The minimum atomic E-state index is -3.91. The van der Waals surface area contributed by atoms with E-state index >= 15 is 0 Å². The van der Waals surface area contributed by atoms with Crippen LogP contribution in [-0.4, -0.2) is 23.1 Å². The van der Waals surface area contributed by atoms with Gasteiger partial charge in [0.25, 0.3) is 0 Å². The van der Waals surface area contributed by atoms with Crippen LogP contribution in [0.3, 0.4) is 0 Å². The maximum Gasteiger partial charge on any atom is 0.415 e. The molecule has 5 rings (SSSR count). The normalized spacial score (nSPS) is 33.9. The van der Waals surface area contributed by atoms with Crippen LogP contribution in [0, 0.1) is 17.3 Å². The van der Waals surface area contributed by atoms with Gasteiger partial charge in [0.15, 0.2) is 0 Å². The van der Waals surface area contributed by atoms with E-state index in [1.54, 1.807) is 0 Å². The van der Waals surface area contributed by atoms with E-state index in [0.29, 0.717) is 11.8 Å². The third kappa shape index (κ3) is 3.57. The van der Waals surface area contributed by atoms with Crippen molar-refractivity contribution < 1.29 is 27.9 Å². The second kappa shape index (κ2) is 7.26. The Morgan fingerprint density at radius 1 is 1.21 bits per heavy atom. The van der Waals surface area contributed by atoms with Gasteiger partial charge in [0, 0.05) is 5.41 Å². The Kier molecular flexibility index (Phi) is 5.21. The third-order valence-electron chi connectivity index (χ3n) is 7.05. The summed E-state index contributed by atoms with van der Waals surface area (Å²) in [5.41, 5.74) is 2.48. The minimum absolute atomic E-state index is 0.00913. The lowest BCUT2D eigenvalue weighted by molar-refractivity contribution is -0.175. The number of halogens is 2. The molecule has 1 aromatic rings. The fourth-order valence-corrected chi connectivity index (χ4v) is 6.66. The minimum Gasteiger partial charge on any atom is -0.460 e. The van der Waals surface area contributed by atoms with Crippen molar-refractivity contribution in [2.75, 3.05) is 6.61 Å². The average Bonchev–Trinajstić information content (AvgIpc) is 2.65. The highest BCUT2D eigenvalue weighted by Gasteiger charge is 2.59. The highest BCUT2D eigenvalue weighted by molar-refractivity contribution is 7.96. The van der Waals surface area contributed by atoms with Crippen LogP contribution >= 0.6 is 12.0 Å². The smallest absolute Gasteiger partial charge is 0.415 e. The van der Waals surface area contributed by atoms with Gasteiger partial charge in [-0.05, 0) is 73.3 Å². The first kappa shape index (κ1) is 20.1. The molecule has 0 spiro atoms. The average molecular weight is 412 g/mol. The van der Waals surface area contributed by atoms with Gasteiger partial charge in [-0.15, -0.1) is 0 Å². The van der Waals surface area contributed by atoms with E-state index in [1.165, 1.54) is 17.5 Å². The molecule has 28 heavy (non-hydrogen) atoms. The lowest BCUT2D eigenvalue weighted by Gasteiger charge is -2.62.